The van der Waals surface area contributed by atoms with Crippen molar-refractivity contribution in [3.63, 3.8) is 0 Å². The number of benzene rings is 1. The highest BCUT2D eigenvalue weighted by atomic mass is 35.5. The third-order valence-electron chi connectivity index (χ3n) is 3.69. The second-order valence-corrected chi connectivity index (χ2v) is 6.04. The van der Waals surface area contributed by atoms with Gasteiger partial charge < -0.3 is 10.4 Å². The van der Waals surface area contributed by atoms with E-state index < -0.39 is 17.9 Å². The molecule has 0 saturated carbocycles. The van der Waals surface area contributed by atoms with Gasteiger partial charge in [0.05, 0.1) is 12.6 Å². The zero-order chi connectivity index (χ0) is 19.4. The van der Waals surface area contributed by atoms with E-state index in [-0.39, 0.29) is 23.9 Å². The maximum absolute atomic E-state index is 13.2. The van der Waals surface area contributed by atoms with E-state index in [4.69, 9.17) is 11.6 Å². The van der Waals surface area contributed by atoms with E-state index in [1.807, 2.05) is 0 Å². The van der Waals surface area contributed by atoms with Crippen LogP contribution in [0.15, 0.2) is 54.7 Å². The lowest BCUT2D eigenvalue weighted by Crippen LogP contribution is -2.18. The molecule has 3 aromatic rings. The van der Waals surface area contributed by atoms with E-state index in [9.17, 15) is 18.3 Å². The standard InChI is InChI=1S/C18H14ClF3N4O/c19-12-6-4-11(5-7-12)14(10-27)24-16-9-15(18(20,21)22)25-17(26-16)13-3-1-2-8-23-13/h1-9,14,27H,10H2,(H,24,25,26). The minimum atomic E-state index is -4.65. The molecule has 0 aliphatic rings. The minimum Gasteiger partial charge on any atom is -0.394 e. The average Bonchev–Trinajstić information content (AvgIpc) is 2.67. The number of aliphatic hydroxyl groups is 1. The van der Waals surface area contributed by atoms with Gasteiger partial charge in [0.1, 0.15) is 11.5 Å². The Morgan fingerprint density at radius 3 is 2.41 bits per heavy atom. The Morgan fingerprint density at radius 1 is 1.07 bits per heavy atom. The summed E-state index contributed by atoms with van der Waals surface area (Å²) in [7, 11) is 0. The summed E-state index contributed by atoms with van der Waals surface area (Å²) in [6.07, 6.45) is -3.21. The lowest BCUT2D eigenvalue weighted by atomic mass is 10.1. The van der Waals surface area contributed by atoms with Gasteiger partial charge in [-0.05, 0) is 29.8 Å². The summed E-state index contributed by atoms with van der Waals surface area (Å²) in [5, 5.41) is 13.0. The molecule has 1 unspecified atom stereocenters. The van der Waals surface area contributed by atoms with Gasteiger partial charge in [0.15, 0.2) is 11.5 Å². The molecule has 1 aromatic carbocycles. The van der Waals surface area contributed by atoms with E-state index in [1.165, 1.54) is 12.3 Å². The molecule has 3 rings (SSSR count). The normalized spacial score (nSPS) is 12.6. The van der Waals surface area contributed by atoms with Crippen LogP contribution >= 0.6 is 11.6 Å². The number of nitrogens with one attached hydrogen (secondary N) is 1. The predicted octanol–water partition coefficient (Wildman–Crippen LogP) is 4.36. The highest BCUT2D eigenvalue weighted by Gasteiger charge is 2.34. The monoisotopic (exact) mass is 394 g/mol. The topological polar surface area (TPSA) is 70.9 Å². The molecule has 1 atom stereocenters. The molecule has 0 saturated heterocycles. The molecule has 9 heteroatoms. The van der Waals surface area contributed by atoms with Crippen molar-refractivity contribution in [1.29, 1.82) is 0 Å². The van der Waals surface area contributed by atoms with Gasteiger partial charge in [0, 0.05) is 17.3 Å². The molecule has 0 amide bonds. The first-order chi connectivity index (χ1) is 12.9. The van der Waals surface area contributed by atoms with E-state index in [2.05, 4.69) is 20.3 Å². The van der Waals surface area contributed by atoms with Crippen LogP contribution in [0.25, 0.3) is 11.5 Å². The average molecular weight is 395 g/mol. The van der Waals surface area contributed by atoms with E-state index in [1.54, 1.807) is 36.4 Å². The Kier molecular flexibility index (Phi) is 5.57. The van der Waals surface area contributed by atoms with Crippen LogP contribution in [0.2, 0.25) is 5.02 Å². The number of pyridine rings is 1. The highest BCUT2D eigenvalue weighted by molar-refractivity contribution is 6.30. The number of anilines is 1. The van der Waals surface area contributed by atoms with Crippen LogP contribution < -0.4 is 5.32 Å². The minimum absolute atomic E-state index is 0.0769. The Bertz CT molecular complexity index is 905. The summed E-state index contributed by atoms with van der Waals surface area (Å²) < 4.78 is 39.7. The van der Waals surface area contributed by atoms with Gasteiger partial charge in [0.2, 0.25) is 0 Å². The van der Waals surface area contributed by atoms with Gasteiger partial charge in [-0.2, -0.15) is 13.2 Å². The van der Waals surface area contributed by atoms with Crippen LogP contribution in [0.1, 0.15) is 17.3 Å². The zero-order valence-corrected chi connectivity index (χ0v) is 14.5. The van der Waals surface area contributed by atoms with Crippen LogP contribution in [0.3, 0.4) is 0 Å². The fourth-order valence-electron chi connectivity index (χ4n) is 2.38. The third kappa shape index (κ3) is 4.72. The molecular formula is C18H14ClF3N4O. The summed E-state index contributed by atoms with van der Waals surface area (Å²) in [4.78, 5) is 11.7. The second-order valence-electron chi connectivity index (χ2n) is 5.61. The van der Waals surface area contributed by atoms with Gasteiger partial charge in [0.25, 0.3) is 0 Å². The zero-order valence-electron chi connectivity index (χ0n) is 13.8. The van der Waals surface area contributed by atoms with Crippen molar-refractivity contribution in [3.8, 4) is 11.5 Å². The Labute approximate surface area is 157 Å². The SMILES string of the molecule is OCC(Nc1cc(C(F)(F)F)nc(-c2ccccn2)n1)c1ccc(Cl)cc1. The van der Waals surface area contributed by atoms with Crippen molar-refractivity contribution in [2.24, 2.45) is 0 Å². The van der Waals surface area contributed by atoms with Crippen LogP contribution in [0.4, 0.5) is 19.0 Å². The molecule has 5 nitrogen and oxygen atoms in total. The van der Waals surface area contributed by atoms with Crippen LogP contribution in [-0.2, 0) is 6.18 Å². The fourth-order valence-corrected chi connectivity index (χ4v) is 2.51. The summed E-state index contributed by atoms with van der Waals surface area (Å²) in [5.41, 5.74) is -0.249. The molecule has 2 aromatic heterocycles. The maximum atomic E-state index is 13.2. The first kappa shape index (κ1) is 19.1. The molecule has 0 aliphatic carbocycles. The number of halogens is 4. The molecule has 2 N–H and O–H groups in total. The number of alkyl halides is 3. The Morgan fingerprint density at radius 2 is 1.81 bits per heavy atom. The lowest BCUT2D eigenvalue weighted by molar-refractivity contribution is -0.141. The molecule has 0 aliphatic heterocycles. The molecule has 0 radical (unpaired) electrons. The first-order valence-electron chi connectivity index (χ1n) is 7.87. The maximum Gasteiger partial charge on any atom is 0.433 e. The van der Waals surface area contributed by atoms with Gasteiger partial charge in [-0.3, -0.25) is 4.98 Å². The summed E-state index contributed by atoms with van der Waals surface area (Å²) in [5.74, 6) is -0.243. The molecule has 0 fully saturated rings. The summed E-state index contributed by atoms with van der Waals surface area (Å²) in [6, 6.07) is 11.5. The number of aliphatic hydroxyl groups excluding tert-OH is 1. The number of hydrogen-bond donors (Lipinski definition) is 2. The highest BCUT2D eigenvalue weighted by Crippen LogP contribution is 2.31. The molecule has 27 heavy (non-hydrogen) atoms. The number of hydrogen-bond acceptors (Lipinski definition) is 5. The van der Waals surface area contributed by atoms with Gasteiger partial charge in [-0.15, -0.1) is 0 Å². The number of nitrogens with zero attached hydrogens (tertiary/aromatic N) is 3. The first-order valence-corrected chi connectivity index (χ1v) is 8.25. The Balaban J connectivity index is 1.99. The predicted molar refractivity (Wildman–Crippen MR) is 95.2 cm³/mol. The largest absolute Gasteiger partial charge is 0.433 e. The number of rotatable bonds is 5. The molecule has 140 valence electrons. The van der Waals surface area contributed by atoms with Crippen molar-refractivity contribution in [2.75, 3.05) is 11.9 Å². The van der Waals surface area contributed by atoms with Crippen LogP contribution in [0, 0.1) is 0 Å². The summed E-state index contributed by atoms with van der Waals surface area (Å²) >= 11 is 5.84. The van der Waals surface area contributed by atoms with E-state index in [0.29, 0.717) is 10.6 Å². The number of aromatic nitrogens is 3. The van der Waals surface area contributed by atoms with Gasteiger partial charge in [-0.1, -0.05) is 29.8 Å². The molecular weight excluding hydrogens is 381 g/mol. The molecule has 0 bridgehead atoms. The molecule has 0 spiro atoms. The van der Waals surface area contributed by atoms with E-state index >= 15 is 0 Å². The smallest absolute Gasteiger partial charge is 0.394 e. The van der Waals surface area contributed by atoms with Crippen molar-refractivity contribution >= 4 is 17.4 Å². The van der Waals surface area contributed by atoms with Crippen LogP contribution in [0.5, 0.6) is 0 Å². The second kappa shape index (κ2) is 7.89. The van der Waals surface area contributed by atoms with Crippen molar-refractivity contribution in [2.45, 2.75) is 12.2 Å². The van der Waals surface area contributed by atoms with Gasteiger partial charge in [-0.25, -0.2) is 9.97 Å². The summed E-state index contributed by atoms with van der Waals surface area (Å²) in [6.45, 7) is -0.355. The van der Waals surface area contributed by atoms with Crippen molar-refractivity contribution < 1.29 is 18.3 Å². The van der Waals surface area contributed by atoms with Crippen molar-refractivity contribution in [3.05, 3.63) is 71.0 Å². The quantitative estimate of drug-likeness (QED) is 0.673. The fraction of sp³-hybridized carbons (Fsp3) is 0.167. The molecule has 2 heterocycles. The third-order valence-corrected chi connectivity index (χ3v) is 3.94. The Hall–Kier alpha value is -2.71. The van der Waals surface area contributed by atoms with Crippen molar-refractivity contribution in [1.82, 2.24) is 15.0 Å². The lowest BCUT2D eigenvalue weighted by Gasteiger charge is -2.19. The van der Waals surface area contributed by atoms with Gasteiger partial charge >= 0.3 is 6.18 Å². The van der Waals surface area contributed by atoms with Crippen LogP contribution in [-0.4, -0.2) is 26.7 Å². The van der Waals surface area contributed by atoms with E-state index in [0.717, 1.165) is 6.07 Å².